The van der Waals surface area contributed by atoms with Gasteiger partial charge in [0.05, 0.1) is 0 Å². The van der Waals surface area contributed by atoms with Crippen molar-refractivity contribution in [3.63, 3.8) is 0 Å². The second-order valence-corrected chi connectivity index (χ2v) is 6.61. The monoisotopic (exact) mass is 359 g/mol. The van der Waals surface area contributed by atoms with E-state index in [1.54, 1.807) is 6.07 Å². The molecule has 4 nitrogen and oxygen atoms in total. The molecule has 3 rings (SSSR count). The molecule has 3 aromatic rings. The van der Waals surface area contributed by atoms with Gasteiger partial charge in [0.1, 0.15) is 11.6 Å². The maximum atomic E-state index is 11.5. The molecule has 0 amide bonds. The van der Waals surface area contributed by atoms with E-state index in [9.17, 15) is 9.90 Å². The van der Waals surface area contributed by atoms with Crippen molar-refractivity contribution in [3.05, 3.63) is 69.6 Å². The van der Waals surface area contributed by atoms with E-state index in [0.717, 1.165) is 28.0 Å². The number of halogens is 1. The van der Waals surface area contributed by atoms with Crippen LogP contribution in [0.15, 0.2) is 48.5 Å². The number of thiazole rings is 1. The summed E-state index contributed by atoms with van der Waals surface area (Å²) in [5.41, 5.74) is 2.77. The summed E-state index contributed by atoms with van der Waals surface area (Å²) in [7, 11) is 0. The molecule has 0 saturated carbocycles. The van der Waals surface area contributed by atoms with Crippen molar-refractivity contribution in [3.8, 4) is 16.5 Å². The predicted molar refractivity (Wildman–Crippen MR) is 95.0 cm³/mol. The highest BCUT2D eigenvalue weighted by atomic mass is 35.5. The molecule has 0 radical (unpaired) electrons. The van der Waals surface area contributed by atoms with Crippen LogP contribution >= 0.6 is 22.9 Å². The summed E-state index contributed by atoms with van der Waals surface area (Å²) >= 11 is 7.19. The maximum absolute atomic E-state index is 11.5. The Morgan fingerprint density at radius 1 is 1.21 bits per heavy atom. The summed E-state index contributed by atoms with van der Waals surface area (Å²) in [6.45, 7) is 2.16. The summed E-state index contributed by atoms with van der Waals surface area (Å²) in [6, 6.07) is 15.0. The van der Waals surface area contributed by atoms with Crippen LogP contribution in [0.4, 0.5) is 0 Å². The van der Waals surface area contributed by atoms with Gasteiger partial charge in [0, 0.05) is 16.1 Å². The van der Waals surface area contributed by atoms with Crippen LogP contribution in [0, 0.1) is 6.92 Å². The van der Waals surface area contributed by atoms with Crippen LogP contribution in [0.25, 0.3) is 10.6 Å². The Balaban J connectivity index is 1.88. The highest BCUT2D eigenvalue weighted by Crippen LogP contribution is 2.33. The molecule has 1 aromatic heterocycles. The standard InChI is InChI=1S/C18H14ClNO3S/c1-11-6-8-12(9-7-11)17-20-16(15(24-17)18(21)22)23-10-13-4-2-3-5-14(13)19/h2-9H,10H2,1H3,(H,21,22). The van der Waals surface area contributed by atoms with Gasteiger partial charge in [-0.1, -0.05) is 59.6 Å². The first-order valence-electron chi connectivity index (χ1n) is 7.22. The Morgan fingerprint density at radius 3 is 2.58 bits per heavy atom. The fourth-order valence-corrected chi connectivity index (χ4v) is 3.17. The van der Waals surface area contributed by atoms with E-state index in [4.69, 9.17) is 16.3 Å². The number of benzene rings is 2. The zero-order chi connectivity index (χ0) is 17.1. The third-order valence-corrected chi connectivity index (χ3v) is 4.85. The Hall–Kier alpha value is -2.37. The lowest BCUT2D eigenvalue weighted by atomic mass is 10.2. The zero-order valence-corrected chi connectivity index (χ0v) is 14.4. The Morgan fingerprint density at radius 2 is 1.92 bits per heavy atom. The third-order valence-electron chi connectivity index (χ3n) is 3.41. The number of hydrogen-bond donors (Lipinski definition) is 1. The SMILES string of the molecule is Cc1ccc(-c2nc(OCc3ccccc3Cl)c(C(=O)O)s2)cc1. The maximum Gasteiger partial charge on any atom is 0.351 e. The normalized spacial score (nSPS) is 10.6. The molecule has 0 unspecified atom stereocenters. The molecule has 0 bridgehead atoms. The van der Waals surface area contributed by atoms with E-state index in [1.165, 1.54) is 0 Å². The summed E-state index contributed by atoms with van der Waals surface area (Å²) < 4.78 is 5.63. The van der Waals surface area contributed by atoms with Crippen LogP contribution in [-0.2, 0) is 6.61 Å². The second-order valence-electron chi connectivity index (χ2n) is 5.20. The molecular weight excluding hydrogens is 346 g/mol. The molecule has 24 heavy (non-hydrogen) atoms. The summed E-state index contributed by atoms with van der Waals surface area (Å²) in [4.78, 5) is 15.9. The van der Waals surface area contributed by atoms with Crippen molar-refractivity contribution in [2.24, 2.45) is 0 Å². The molecular formula is C18H14ClNO3S. The lowest BCUT2D eigenvalue weighted by molar-refractivity contribution is 0.0697. The molecule has 0 aliphatic rings. The van der Waals surface area contributed by atoms with Crippen LogP contribution in [0.3, 0.4) is 0 Å². The van der Waals surface area contributed by atoms with Crippen LogP contribution < -0.4 is 4.74 Å². The zero-order valence-electron chi connectivity index (χ0n) is 12.8. The van der Waals surface area contributed by atoms with Crippen molar-refractivity contribution in [2.45, 2.75) is 13.5 Å². The third kappa shape index (κ3) is 3.58. The number of ether oxygens (including phenoxy) is 1. The fourth-order valence-electron chi connectivity index (χ4n) is 2.12. The molecule has 0 aliphatic heterocycles. The lowest BCUT2D eigenvalue weighted by Crippen LogP contribution is -2.01. The van der Waals surface area contributed by atoms with Gasteiger partial charge in [0.25, 0.3) is 0 Å². The first-order valence-corrected chi connectivity index (χ1v) is 8.41. The van der Waals surface area contributed by atoms with E-state index in [0.29, 0.717) is 10.0 Å². The minimum Gasteiger partial charge on any atom is -0.477 e. The largest absolute Gasteiger partial charge is 0.477 e. The highest BCUT2D eigenvalue weighted by Gasteiger charge is 2.20. The van der Waals surface area contributed by atoms with E-state index in [1.807, 2.05) is 49.4 Å². The number of carbonyl (C=O) groups is 1. The van der Waals surface area contributed by atoms with E-state index in [2.05, 4.69) is 4.98 Å². The summed E-state index contributed by atoms with van der Waals surface area (Å²) in [6.07, 6.45) is 0. The Kier molecular flexibility index (Phi) is 4.83. The molecule has 1 N–H and O–H groups in total. The number of aryl methyl sites for hydroxylation is 1. The molecule has 0 aliphatic carbocycles. The number of rotatable bonds is 5. The topological polar surface area (TPSA) is 59.4 Å². The fraction of sp³-hybridized carbons (Fsp3) is 0.111. The van der Waals surface area contributed by atoms with E-state index < -0.39 is 5.97 Å². The van der Waals surface area contributed by atoms with Gasteiger partial charge < -0.3 is 9.84 Å². The van der Waals surface area contributed by atoms with Crippen molar-refractivity contribution in [1.29, 1.82) is 0 Å². The number of carboxylic acid groups (broad SMARTS) is 1. The smallest absolute Gasteiger partial charge is 0.351 e. The quantitative estimate of drug-likeness (QED) is 0.692. The van der Waals surface area contributed by atoms with Gasteiger partial charge in [-0.25, -0.2) is 9.78 Å². The minimum atomic E-state index is -1.06. The van der Waals surface area contributed by atoms with Crippen LogP contribution in [0.5, 0.6) is 5.88 Å². The van der Waals surface area contributed by atoms with Crippen LogP contribution in [0.2, 0.25) is 5.02 Å². The van der Waals surface area contributed by atoms with Gasteiger partial charge in [-0.15, -0.1) is 11.3 Å². The average Bonchev–Trinajstić information content (AvgIpc) is 2.99. The van der Waals surface area contributed by atoms with Gasteiger partial charge in [-0.05, 0) is 13.0 Å². The highest BCUT2D eigenvalue weighted by molar-refractivity contribution is 7.17. The number of aromatic nitrogens is 1. The number of nitrogens with zero attached hydrogens (tertiary/aromatic N) is 1. The van der Waals surface area contributed by atoms with Gasteiger partial charge >= 0.3 is 5.97 Å². The Labute approximate surface area is 148 Å². The number of hydrogen-bond acceptors (Lipinski definition) is 4. The van der Waals surface area contributed by atoms with Crippen LogP contribution in [-0.4, -0.2) is 16.1 Å². The average molecular weight is 360 g/mol. The van der Waals surface area contributed by atoms with Crippen molar-refractivity contribution < 1.29 is 14.6 Å². The molecule has 0 atom stereocenters. The minimum absolute atomic E-state index is 0.0811. The van der Waals surface area contributed by atoms with Gasteiger partial charge in [0.2, 0.25) is 5.88 Å². The van der Waals surface area contributed by atoms with E-state index >= 15 is 0 Å². The molecule has 122 valence electrons. The summed E-state index contributed by atoms with van der Waals surface area (Å²) in [5, 5.41) is 10.6. The molecule has 0 fully saturated rings. The van der Waals surface area contributed by atoms with Crippen molar-refractivity contribution >= 4 is 28.9 Å². The molecule has 0 saturated heterocycles. The molecule has 2 aromatic carbocycles. The Bertz CT molecular complexity index is 874. The van der Waals surface area contributed by atoms with Crippen molar-refractivity contribution in [1.82, 2.24) is 4.98 Å². The number of carboxylic acids is 1. The predicted octanol–water partition coefficient (Wildman–Crippen LogP) is 5.05. The number of aromatic carboxylic acids is 1. The van der Waals surface area contributed by atoms with Gasteiger partial charge in [-0.3, -0.25) is 0 Å². The van der Waals surface area contributed by atoms with E-state index in [-0.39, 0.29) is 17.4 Å². The summed E-state index contributed by atoms with van der Waals surface area (Å²) in [5.74, 6) is -0.942. The molecule has 1 heterocycles. The molecule has 6 heteroatoms. The van der Waals surface area contributed by atoms with Gasteiger partial charge in [0.15, 0.2) is 4.88 Å². The second kappa shape index (κ2) is 7.03. The lowest BCUT2D eigenvalue weighted by Gasteiger charge is -2.05. The van der Waals surface area contributed by atoms with Crippen LogP contribution in [0.1, 0.15) is 20.8 Å². The first kappa shape index (κ1) is 16.5. The molecule has 0 spiro atoms. The van der Waals surface area contributed by atoms with Crippen molar-refractivity contribution in [2.75, 3.05) is 0 Å². The van der Waals surface area contributed by atoms with Gasteiger partial charge in [-0.2, -0.15) is 0 Å². The first-order chi connectivity index (χ1) is 11.5.